The summed E-state index contributed by atoms with van der Waals surface area (Å²) in [6, 6.07) is 34.3. The lowest BCUT2D eigenvalue weighted by molar-refractivity contribution is 1.45. The molecule has 0 bridgehead atoms. The van der Waals surface area contributed by atoms with Crippen molar-refractivity contribution in [2.75, 3.05) is 0 Å². The van der Waals surface area contributed by atoms with Crippen molar-refractivity contribution in [2.45, 2.75) is 19.6 Å². The van der Waals surface area contributed by atoms with Crippen LogP contribution in [-0.2, 0) is 0 Å². The zero-order chi connectivity index (χ0) is 29.1. The monoisotopic (exact) mass is 948 g/mol. The van der Waals surface area contributed by atoms with Crippen LogP contribution < -0.4 is 0 Å². The molecule has 0 aliphatic carbocycles. The largest absolute Gasteiger partial charge is 0.0809 e. The van der Waals surface area contributed by atoms with Crippen molar-refractivity contribution in [2.24, 2.45) is 0 Å². The van der Waals surface area contributed by atoms with Gasteiger partial charge in [-0.3, -0.25) is 0 Å². The van der Waals surface area contributed by atoms with Gasteiger partial charge in [0.2, 0.25) is 0 Å². The predicted octanol–water partition coefficient (Wildman–Crippen LogP) is 15.5. The molecule has 4 aromatic carbocycles. The summed E-state index contributed by atoms with van der Waals surface area (Å²) < 4.78 is 12.4. The summed E-state index contributed by atoms with van der Waals surface area (Å²) in [5.41, 5.74) is 0. The molecule has 0 saturated heterocycles. The highest BCUT2D eigenvalue weighted by molar-refractivity contribution is 9.11. The standard InChI is InChI=1S/C30H16Br4S8/c31-17-1-9-21(10-2-17)35-25-26(36-22-11-3-18(32)4-12-22)40-29(39-25)30-41-27(37-23-13-5-19(33)6-14-23)28(42-30)38-24-15-7-20(34)8-16-24/h1-16H. The van der Waals surface area contributed by atoms with Crippen molar-refractivity contribution in [3.63, 3.8) is 0 Å². The summed E-state index contributed by atoms with van der Waals surface area (Å²) in [6.45, 7) is 0. The Bertz CT molecular complexity index is 1430. The molecular formula is C30H16Br4S8. The smallest absolute Gasteiger partial charge is 0.0718 e. The van der Waals surface area contributed by atoms with Gasteiger partial charge in [-0.15, -0.1) is 0 Å². The highest BCUT2D eigenvalue weighted by atomic mass is 79.9. The van der Waals surface area contributed by atoms with Gasteiger partial charge in [0.05, 0.1) is 25.4 Å². The summed E-state index contributed by atoms with van der Waals surface area (Å²) in [7, 11) is 0. The average molecular weight is 953 g/mol. The van der Waals surface area contributed by atoms with Crippen LogP contribution in [0.4, 0.5) is 0 Å². The van der Waals surface area contributed by atoms with E-state index in [0.29, 0.717) is 0 Å². The van der Waals surface area contributed by atoms with Crippen molar-refractivity contribution in [1.82, 2.24) is 0 Å². The molecule has 212 valence electrons. The predicted molar refractivity (Wildman–Crippen MR) is 211 cm³/mol. The number of hydrogen-bond donors (Lipinski definition) is 0. The van der Waals surface area contributed by atoms with Crippen LogP contribution in [0.3, 0.4) is 0 Å². The Balaban J connectivity index is 1.28. The fourth-order valence-electron chi connectivity index (χ4n) is 3.40. The Morgan fingerprint density at radius 2 is 0.500 bits per heavy atom. The first kappa shape index (κ1) is 32.7. The van der Waals surface area contributed by atoms with Crippen LogP contribution in [0.15, 0.2) is 160 Å². The lowest BCUT2D eigenvalue weighted by Gasteiger charge is -2.05. The summed E-state index contributed by atoms with van der Waals surface area (Å²) in [5.74, 6) is 0. The molecule has 2 aliphatic rings. The van der Waals surface area contributed by atoms with E-state index in [0.717, 1.165) is 17.9 Å². The van der Waals surface area contributed by atoms with Gasteiger partial charge in [0.15, 0.2) is 0 Å². The van der Waals surface area contributed by atoms with Crippen molar-refractivity contribution in [1.29, 1.82) is 0 Å². The third kappa shape index (κ3) is 9.00. The molecule has 0 spiro atoms. The number of benzene rings is 4. The van der Waals surface area contributed by atoms with E-state index >= 15 is 0 Å². The number of rotatable bonds is 8. The van der Waals surface area contributed by atoms with Gasteiger partial charge in [0.25, 0.3) is 0 Å². The molecule has 0 amide bonds. The van der Waals surface area contributed by atoms with Crippen molar-refractivity contribution >= 4 is 158 Å². The molecule has 6 rings (SSSR count). The van der Waals surface area contributed by atoms with Gasteiger partial charge in [-0.2, -0.15) is 0 Å². The summed E-state index contributed by atoms with van der Waals surface area (Å²) in [5, 5.41) is 0. The first-order chi connectivity index (χ1) is 20.4. The summed E-state index contributed by atoms with van der Waals surface area (Å²) in [6.07, 6.45) is 0. The Hall–Kier alpha value is 0.820. The van der Waals surface area contributed by atoms with Crippen LogP contribution in [0.1, 0.15) is 0 Å². The van der Waals surface area contributed by atoms with Gasteiger partial charge < -0.3 is 0 Å². The molecule has 0 atom stereocenters. The minimum atomic E-state index is 1.10. The van der Waals surface area contributed by atoms with Gasteiger partial charge in [0, 0.05) is 37.5 Å². The molecular weight excluding hydrogens is 936 g/mol. The maximum absolute atomic E-state index is 3.57. The van der Waals surface area contributed by atoms with Gasteiger partial charge in [-0.25, -0.2) is 0 Å². The van der Waals surface area contributed by atoms with Gasteiger partial charge in [0.1, 0.15) is 0 Å². The molecule has 42 heavy (non-hydrogen) atoms. The van der Waals surface area contributed by atoms with Gasteiger partial charge in [-0.05, 0) is 97.1 Å². The minimum Gasteiger partial charge on any atom is -0.0809 e. The molecule has 2 aliphatic heterocycles. The topological polar surface area (TPSA) is 0 Å². The van der Waals surface area contributed by atoms with Crippen LogP contribution in [0.25, 0.3) is 0 Å². The first-order valence-electron chi connectivity index (χ1n) is 12.1. The normalized spacial score (nSPS) is 15.3. The second-order valence-electron chi connectivity index (χ2n) is 8.36. The van der Waals surface area contributed by atoms with E-state index in [1.165, 1.54) is 45.0 Å². The van der Waals surface area contributed by atoms with Crippen LogP contribution >= 0.6 is 158 Å². The van der Waals surface area contributed by atoms with Crippen molar-refractivity contribution in [3.8, 4) is 0 Å². The molecule has 12 heteroatoms. The molecule has 0 N–H and O–H groups in total. The van der Waals surface area contributed by atoms with Gasteiger partial charge in [-0.1, -0.05) is 158 Å². The maximum Gasteiger partial charge on any atom is 0.0718 e. The molecule has 0 unspecified atom stereocenters. The minimum absolute atomic E-state index is 1.10. The second-order valence-corrected chi connectivity index (χ2v) is 22.0. The van der Waals surface area contributed by atoms with Crippen LogP contribution in [0, 0.1) is 0 Å². The van der Waals surface area contributed by atoms with Crippen molar-refractivity contribution < 1.29 is 0 Å². The van der Waals surface area contributed by atoms with Crippen LogP contribution in [0.2, 0.25) is 0 Å². The van der Waals surface area contributed by atoms with E-state index in [-0.39, 0.29) is 0 Å². The molecule has 0 radical (unpaired) electrons. The molecule has 4 aromatic rings. The summed E-state index contributed by atoms with van der Waals surface area (Å²) >= 11 is 29.3. The number of thioether (sulfide) groups is 8. The quantitative estimate of drug-likeness (QED) is 0.169. The zero-order valence-corrected chi connectivity index (χ0v) is 33.9. The number of halogens is 4. The molecule has 0 saturated carbocycles. The Morgan fingerprint density at radius 3 is 0.690 bits per heavy atom. The summed E-state index contributed by atoms with van der Waals surface area (Å²) in [4.78, 5) is 4.96. The van der Waals surface area contributed by atoms with E-state index in [1.807, 2.05) is 94.1 Å². The Labute approximate surface area is 313 Å². The zero-order valence-electron chi connectivity index (χ0n) is 21.0. The van der Waals surface area contributed by atoms with Crippen molar-refractivity contribution in [3.05, 3.63) is 140 Å². The van der Waals surface area contributed by atoms with E-state index in [2.05, 4.69) is 161 Å². The molecule has 0 nitrogen and oxygen atoms in total. The first-order valence-corrected chi connectivity index (χ1v) is 21.8. The lowest BCUT2D eigenvalue weighted by atomic mass is 10.4. The van der Waals surface area contributed by atoms with E-state index in [4.69, 9.17) is 0 Å². The average Bonchev–Trinajstić information content (AvgIpc) is 3.57. The van der Waals surface area contributed by atoms with Crippen LogP contribution in [-0.4, -0.2) is 0 Å². The highest BCUT2D eigenvalue weighted by Gasteiger charge is 2.32. The highest BCUT2D eigenvalue weighted by Crippen LogP contribution is 2.68. The Kier molecular flexibility index (Phi) is 12.2. The molecule has 2 heterocycles. The maximum atomic E-state index is 3.57. The van der Waals surface area contributed by atoms with Crippen LogP contribution in [0.5, 0.6) is 0 Å². The fourth-order valence-corrected chi connectivity index (χ4v) is 15.9. The Morgan fingerprint density at radius 1 is 0.310 bits per heavy atom. The molecule has 0 fully saturated rings. The lowest BCUT2D eigenvalue weighted by Crippen LogP contribution is -1.75. The fraction of sp³-hybridized carbons (Fsp3) is 0. The molecule has 0 aromatic heterocycles. The van der Waals surface area contributed by atoms with E-state index in [9.17, 15) is 0 Å². The third-order valence-corrected chi connectivity index (χ3v) is 18.7. The third-order valence-electron chi connectivity index (χ3n) is 5.34. The SMILES string of the molecule is Brc1ccc(SC2=C(Sc3ccc(Br)cc3)SC(=C3SC(Sc4ccc(Br)cc4)=C(Sc4ccc(Br)cc4)S3)S2)cc1. The van der Waals surface area contributed by atoms with Gasteiger partial charge >= 0.3 is 0 Å². The van der Waals surface area contributed by atoms with E-state index in [1.54, 1.807) is 0 Å². The van der Waals surface area contributed by atoms with E-state index < -0.39 is 0 Å². The number of hydrogen-bond acceptors (Lipinski definition) is 8. The second kappa shape index (κ2) is 15.6.